The third kappa shape index (κ3) is 2.54. The number of allylic oxidation sites excluding steroid dienone is 1. The Kier molecular flexibility index (Phi) is 4.21. The van der Waals surface area contributed by atoms with Crippen LogP contribution in [-0.4, -0.2) is 27.8 Å². The van der Waals surface area contributed by atoms with Crippen LogP contribution in [0.2, 0.25) is 0 Å². The zero-order chi connectivity index (χ0) is 18.3. The van der Waals surface area contributed by atoms with E-state index in [1.807, 2.05) is 46.0 Å². The van der Waals surface area contributed by atoms with Crippen molar-refractivity contribution in [2.24, 2.45) is 7.05 Å². The average Bonchev–Trinajstić information content (AvgIpc) is 2.96. The van der Waals surface area contributed by atoms with Gasteiger partial charge in [-0.25, -0.2) is 0 Å². The van der Waals surface area contributed by atoms with Crippen LogP contribution in [0.1, 0.15) is 25.1 Å². The number of benzene rings is 1. The molecule has 0 N–H and O–H groups in total. The largest absolute Gasteiger partial charge is 0.344 e. The van der Waals surface area contributed by atoms with Gasteiger partial charge in [0.2, 0.25) is 0 Å². The molecule has 4 heteroatoms. The van der Waals surface area contributed by atoms with Gasteiger partial charge in [0.15, 0.2) is 0 Å². The number of aromatic nitrogens is 1. The molecule has 1 aromatic heterocycles. The van der Waals surface area contributed by atoms with Crippen molar-refractivity contribution in [3.05, 3.63) is 64.9 Å². The second-order valence-corrected chi connectivity index (χ2v) is 6.53. The molecule has 25 heavy (non-hydrogen) atoms. The maximum Gasteiger partial charge on any atom is 0.261 e. The molecule has 0 saturated carbocycles. The summed E-state index contributed by atoms with van der Waals surface area (Å²) in [7, 11) is 1.98. The van der Waals surface area contributed by atoms with Crippen LogP contribution in [0.25, 0.3) is 17.0 Å². The molecule has 3 rings (SSSR count). The van der Waals surface area contributed by atoms with Crippen molar-refractivity contribution < 1.29 is 9.59 Å². The molecule has 1 fully saturated rings. The third-order valence-corrected chi connectivity index (χ3v) is 4.71. The topological polar surface area (TPSA) is 42.3 Å². The van der Waals surface area contributed by atoms with E-state index in [4.69, 9.17) is 0 Å². The number of amides is 2. The van der Waals surface area contributed by atoms with Gasteiger partial charge in [0.25, 0.3) is 11.8 Å². The summed E-state index contributed by atoms with van der Waals surface area (Å²) in [6, 6.07) is 8.12. The van der Waals surface area contributed by atoms with E-state index in [1.165, 1.54) is 4.90 Å². The van der Waals surface area contributed by atoms with Gasteiger partial charge in [-0.15, -0.1) is 6.58 Å². The van der Waals surface area contributed by atoms with Crippen molar-refractivity contribution in [3.63, 3.8) is 0 Å². The standard InChI is InChI=1S/C21H22N2O2/c1-6-11-23-20(24)16(19(13(2)3)21(23)25)12-18-14(4)15-9-7-8-10-17(15)22(18)5/h6-10,12H,1,11H2,2-5H3/b16-12+. The lowest BCUT2D eigenvalue weighted by Gasteiger charge is -2.09. The Morgan fingerprint density at radius 1 is 1.16 bits per heavy atom. The first kappa shape index (κ1) is 17.0. The fourth-order valence-electron chi connectivity index (χ4n) is 3.45. The van der Waals surface area contributed by atoms with Gasteiger partial charge in [-0.1, -0.05) is 29.8 Å². The lowest BCUT2D eigenvalue weighted by atomic mass is 10.0. The fraction of sp³-hybridized carbons (Fsp3) is 0.238. The van der Waals surface area contributed by atoms with Gasteiger partial charge in [0, 0.05) is 30.2 Å². The van der Waals surface area contributed by atoms with Crippen LogP contribution in [0.3, 0.4) is 0 Å². The van der Waals surface area contributed by atoms with Crippen LogP contribution in [0.5, 0.6) is 0 Å². The van der Waals surface area contributed by atoms with Gasteiger partial charge in [-0.2, -0.15) is 0 Å². The predicted molar refractivity (Wildman–Crippen MR) is 101 cm³/mol. The van der Waals surface area contributed by atoms with E-state index < -0.39 is 0 Å². The molecule has 2 amide bonds. The van der Waals surface area contributed by atoms with Crippen molar-refractivity contribution in [1.29, 1.82) is 0 Å². The summed E-state index contributed by atoms with van der Waals surface area (Å²) in [4.78, 5) is 26.7. The van der Waals surface area contributed by atoms with Gasteiger partial charge in [0.1, 0.15) is 0 Å². The molecule has 1 aliphatic rings. The van der Waals surface area contributed by atoms with E-state index in [0.29, 0.717) is 11.1 Å². The average molecular weight is 334 g/mol. The Morgan fingerprint density at radius 2 is 1.84 bits per heavy atom. The zero-order valence-electron chi connectivity index (χ0n) is 15.1. The SMILES string of the molecule is C=CCN1C(=O)C(=C(C)C)/C(=C\c2c(C)c3ccccc3n2C)C1=O. The minimum Gasteiger partial charge on any atom is -0.344 e. The number of carbonyl (C=O) groups excluding carboxylic acids is 2. The smallest absolute Gasteiger partial charge is 0.261 e. The van der Waals surface area contributed by atoms with Crippen LogP contribution < -0.4 is 0 Å². The molecule has 4 nitrogen and oxygen atoms in total. The minimum absolute atomic E-state index is 0.222. The zero-order valence-corrected chi connectivity index (χ0v) is 15.1. The molecule has 1 saturated heterocycles. The predicted octanol–water partition coefficient (Wildman–Crippen LogP) is 3.76. The first-order valence-corrected chi connectivity index (χ1v) is 8.29. The lowest BCUT2D eigenvalue weighted by Crippen LogP contribution is -2.29. The molecule has 0 radical (unpaired) electrons. The number of hydrogen-bond acceptors (Lipinski definition) is 2. The normalized spacial score (nSPS) is 16.4. The Bertz CT molecular complexity index is 930. The molecule has 0 bridgehead atoms. The summed E-state index contributed by atoms with van der Waals surface area (Å²) in [6.07, 6.45) is 3.42. The van der Waals surface area contributed by atoms with E-state index >= 15 is 0 Å². The first-order chi connectivity index (χ1) is 11.9. The van der Waals surface area contributed by atoms with Crippen molar-refractivity contribution >= 4 is 28.8 Å². The molecule has 0 unspecified atom stereocenters. The van der Waals surface area contributed by atoms with E-state index in [1.54, 1.807) is 6.08 Å². The second kappa shape index (κ2) is 6.20. The van der Waals surface area contributed by atoms with E-state index in [2.05, 4.69) is 23.3 Å². The molecule has 0 aliphatic carbocycles. The number of para-hydroxylation sites is 1. The third-order valence-electron chi connectivity index (χ3n) is 4.71. The van der Waals surface area contributed by atoms with Crippen LogP contribution in [0.4, 0.5) is 0 Å². The van der Waals surface area contributed by atoms with E-state index in [-0.39, 0.29) is 18.4 Å². The lowest BCUT2D eigenvalue weighted by molar-refractivity contribution is -0.135. The Morgan fingerprint density at radius 3 is 2.44 bits per heavy atom. The first-order valence-electron chi connectivity index (χ1n) is 8.29. The van der Waals surface area contributed by atoms with Gasteiger partial charge < -0.3 is 4.57 Å². The quantitative estimate of drug-likeness (QED) is 0.487. The van der Waals surface area contributed by atoms with Crippen LogP contribution >= 0.6 is 0 Å². The van der Waals surface area contributed by atoms with Gasteiger partial charge in [0.05, 0.1) is 11.1 Å². The molecular formula is C21H22N2O2. The molecular weight excluding hydrogens is 312 g/mol. The number of likely N-dealkylation sites (tertiary alicyclic amines) is 1. The highest BCUT2D eigenvalue weighted by Crippen LogP contribution is 2.32. The van der Waals surface area contributed by atoms with Crippen molar-refractivity contribution in [2.45, 2.75) is 20.8 Å². The summed E-state index contributed by atoms with van der Waals surface area (Å²) in [5.41, 5.74) is 4.94. The summed E-state index contributed by atoms with van der Waals surface area (Å²) < 4.78 is 2.06. The number of carbonyl (C=O) groups is 2. The highest BCUT2D eigenvalue weighted by molar-refractivity contribution is 6.26. The number of hydrogen-bond donors (Lipinski definition) is 0. The highest BCUT2D eigenvalue weighted by Gasteiger charge is 2.38. The number of fused-ring (bicyclic) bond motifs is 1. The number of nitrogens with zero attached hydrogens (tertiary/aromatic N) is 2. The molecule has 2 heterocycles. The minimum atomic E-state index is -0.259. The Balaban J connectivity index is 2.24. The Hall–Kier alpha value is -2.88. The van der Waals surface area contributed by atoms with Gasteiger partial charge >= 0.3 is 0 Å². The van der Waals surface area contributed by atoms with Gasteiger partial charge in [-0.05, 0) is 38.5 Å². The summed E-state index contributed by atoms with van der Waals surface area (Å²) in [5, 5.41) is 1.15. The fourth-order valence-corrected chi connectivity index (χ4v) is 3.45. The van der Waals surface area contributed by atoms with E-state index in [0.717, 1.165) is 27.7 Å². The maximum absolute atomic E-state index is 12.8. The molecule has 2 aromatic rings. The molecule has 128 valence electrons. The van der Waals surface area contributed by atoms with Crippen molar-refractivity contribution in [3.8, 4) is 0 Å². The summed E-state index contributed by atoms with van der Waals surface area (Å²) >= 11 is 0. The highest BCUT2D eigenvalue weighted by atomic mass is 16.2. The van der Waals surface area contributed by atoms with Crippen LogP contribution in [0, 0.1) is 6.92 Å². The summed E-state index contributed by atoms with van der Waals surface area (Å²) in [5.74, 6) is -0.502. The number of imide groups is 1. The summed E-state index contributed by atoms with van der Waals surface area (Å²) in [6.45, 7) is 9.63. The Labute approximate surface area is 147 Å². The van der Waals surface area contributed by atoms with Gasteiger partial charge in [-0.3, -0.25) is 14.5 Å². The second-order valence-electron chi connectivity index (χ2n) is 6.53. The maximum atomic E-state index is 12.8. The molecule has 1 aromatic carbocycles. The number of rotatable bonds is 3. The van der Waals surface area contributed by atoms with Crippen LogP contribution in [0.15, 0.2) is 53.6 Å². The molecule has 0 atom stereocenters. The molecule has 0 spiro atoms. The van der Waals surface area contributed by atoms with E-state index in [9.17, 15) is 9.59 Å². The van der Waals surface area contributed by atoms with Crippen molar-refractivity contribution in [2.75, 3.05) is 6.54 Å². The number of aryl methyl sites for hydroxylation is 2. The molecule has 1 aliphatic heterocycles. The van der Waals surface area contributed by atoms with Crippen molar-refractivity contribution in [1.82, 2.24) is 9.47 Å². The monoisotopic (exact) mass is 334 g/mol. The van der Waals surface area contributed by atoms with Crippen LogP contribution in [-0.2, 0) is 16.6 Å².